The summed E-state index contributed by atoms with van der Waals surface area (Å²) >= 11 is 0. The Morgan fingerprint density at radius 2 is 1.82 bits per heavy atom. The van der Waals surface area contributed by atoms with Crippen molar-refractivity contribution in [3.8, 4) is 0 Å². The maximum absolute atomic E-state index is 11.6. The Bertz CT molecular complexity index is 957. The number of aliphatic carboxylic acids is 1. The number of hydrogen-bond donors (Lipinski definition) is 3. The highest BCUT2D eigenvalue weighted by Gasteiger charge is 2.45. The van der Waals surface area contributed by atoms with Crippen LogP contribution in [0.4, 0.5) is 5.69 Å². The normalized spacial score (nSPS) is 22.3. The molecule has 0 amide bonds. The van der Waals surface area contributed by atoms with Crippen LogP contribution in [0.5, 0.6) is 0 Å². The van der Waals surface area contributed by atoms with Crippen LogP contribution < -0.4 is 4.90 Å². The number of rotatable bonds is 9. The number of hydrogen-bond acceptors (Lipinski definition) is 6. The second-order valence-corrected chi connectivity index (χ2v) is 10.3. The van der Waals surface area contributed by atoms with Gasteiger partial charge in [0.05, 0.1) is 10.6 Å². The monoisotopic (exact) mass is 435 g/mol. The first kappa shape index (κ1) is 22.6. The van der Waals surface area contributed by atoms with Gasteiger partial charge in [-0.05, 0) is 49.9 Å². The van der Waals surface area contributed by atoms with Crippen molar-refractivity contribution in [1.29, 1.82) is 0 Å². The number of carbonyl (C=O) groups is 1. The van der Waals surface area contributed by atoms with Gasteiger partial charge in [-0.1, -0.05) is 6.92 Å². The highest BCUT2D eigenvalue weighted by Crippen LogP contribution is 2.48. The van der Waals surface area contributed by atoms with Crippen LogP contribution in [0.2, 0.25) is 0 Å². The van der Waals surface area contributed by atoms with Crippen molar-refractivity contribution in [1.82, 2.24) is 0 Å². The van der Waals surface area contributed by atoms with Crippen LogP contribution in [0.25, 0.3) is 0 Å². The molecule has 1 aromatic carbocycles. The molecule has 0 fully saturated rings. The lowest BCUT2D eigenvalue weighted by molar-refractivity contribution is -0.137. The number of fused-ring (bicyclic) bond motifs is 1. The predicted molar refractivity (Wildman–Crippen MR) is 103 cm³/mol. The fraction of sp³-hybridized carbons (Fsp3) is 0.588. The van der Waals surface area contributed by atoms with Crippen molar-refractivity contribution in [2.24, 2.45) is 0 Å². The van der Waals surface area contributed by atoms with E-state index in [4.69, 9.17) is 9.66 Å². The molecule has 0 saturated heterocycles. The minimum absolute atomic E-state index is 0.0294. The summed E-state index contributed by atoms with van der Waals surface area (Å²) in [6.45, 7) is 4.12. The first-order chi connectivity index (χ1) is 12.8. The summed E-state index contributed by atoms with van der Waals surface area (Å²) in [4.78, 5) is 12.6. The molecule has 2 unspecified atom stereocenters. The van der Waals surface area contributed by atoms with Crippen LogP contribution >= 0.6 is 0 Å². The average molecular weight is 436 g/mol. The number of anilines is 1. The van der Waals surface area contributed by atoms with Crippen molar-refractivity contribution >= 4 is 31.9 Å². The largest absolute Gasteiger partial charge is 0.481 e. The number of benzene rings is 1. The van der Waals surface area contributed by atoms with Crippen LogP contribution in [-0.2, 0) is 30.4 Å². The van der Waals surface area contributed by atoms with Gasteiger partial charge in [-0.3, -0.25) is 13.9 Å². The first-order valence-electron chi connectivity index (χ1n) is 8.81. The molecule has 1 aliphatic rings. The van der Waals surface area contributed by atoms with Gasteiger partial charge in [0, 0.05) is 30.1 Å². The molecule has 3 N–H and O–H groups in total. The highest BCUT2D eigenvalue weighted by atomic mass is 32.2. The van der Waals surface area contributed by atoms with Crippen LogP contribution in [0.1, 0.15) is 45.1 Å². The second kappa shape index (κ2) is 7.97. The van der Waals surface area contributed by atoms with Gasteiger partial charge in [-0.15, -0.1) is 0 Å². The SMILES string of the molecule is CC1N(CCCS(=O)(=O)O)c2ccc(S(=O)(=O)O)cc2C1(C)CCCC(=O)O. The van der Waals surface area contributed by atoms with Crippen molar-refractivity contribution < 1.29 is 35.8 Å². The molecule has 0 radical (unpaired) electrons. The Labute approximate surface area is 164 Å². The number of nitrogens with zero attached hydrogens (tertiary/aromatic N) is 1. The van der Waals surface area contributed by atoms with Gasteiger partial charge in [-0.25, -0.2) is 0 Å². The Hall–Kier alpha value is -1.69. The summed E-state index contributed by atoms with van der Waals surface area (Å²) in [6.07, 6.45) is 0.994. The molecule has 158 valence electrons. The van der Waals surface area contributed by atoms with Gasteiger partial charge in [0.15, 0.2) is 0 Å². The Kier molecular flexibility index (Phi) is 6.44. The van der Waals surface area contributed by atoms with Gasteiger partial charge >= 0.3 is 5.97 Å². The van der Waals surface area contributed by atoms with Gasteiger partial charge in [0.25, 0.3) is 20.2 Å². The van der Waals surface area contributed by atoms with E-state index in [1.807, 2.05) is 18.7 Å². The van der Waals surface area contributed by atoms with E-state index in [1.54, 1.807) is 6.07 Å². The summed E-state index contributed by atoms with van der Waals surface area (Å²) in [5.41, 5.74) is 0.768. The summed E-state index contributed by atoms with van der Waals surface area (Å²) in [6, 6.07) is 4.06. The second-order valence-electron chi connectivity index (χ2n) is 7.33. The molecule has 11 heteroatoms. The third kappa shape index (κ3) is 5.02. The van der Waals surface area contributed by atoms with Gasteiger partial charge < -0.3 is 10.0 Å². The molecule has 0 spiro atoms. The maximum atomic E-state index is 11.6. The van der Waals surface area contributed by atoms with Crippen LogP contribution in [0.15, 0.2) is 23.1 Å². The number of carboxylic acid groups (broad SMARTS) is 1. The van der Waals surface area contributed by atoms with Crippen LogP contribution in [0, 0.1) is 0 Å². The van der Waals surface area contributed by atoms with E-state index in [2.05, 4.69) is 0 Å². The minimum Gasteiger partial charge on any atom is -0.481 e. The van der Waals surface area contributed by atoms with Gasteiger partial charge in [-0.2, -0.15) is 16.8 Å². The van der Waals surface area contributed by atoms with E-state index in [-0.39, 0.29) is 23.8 Å². The molecule has 1 aliphatic heterocycles. The van der Waals surface area contributed by atoms with E-state index in [9.17, 15) is 26.2 Å². The third-order valence-electron chi connectivity index (χ3n) is 5.47. The molecule has 2 atom stereocenters. The smallest absolute Gasteiger partial charge is 0.303 e. The molecule has 0 aromatic heterocycles. The first-order valence-corrected chi connectivity index (χ1v) is 11.9. The van der Waals surface area contributed by atoms with Gasteiger partial charge in [0.2, 0.25) is 0 Å². The van der Waals surface area contributed by atoms with Crippen molar-refractivity contribution in [2.75, 3.05) is 17.2 Å². The molecule has 28 heavy (non-hydrogen) atoms. The lowest BCUT2D eigenvalue weighted by Crippen LogP contribution is -2.41. The summed E-state index contributed by atoms with van der Waals surface area (Å²) in [7, 11) is -8.50. The van der Waals surface area contributed by atoms with E-state index < -0.39 is 37.4 Å². The third-order valence-corrected chi connectivity index (χ3v) is 7.12. The molecule has 1 heterocycles. The summed E-state index contributed by atoms with van der Waals surface area (Å²) in [5, 5.41) is 8.92. The van der Waals surface area contributed by atoms with E-state index >= 15 is 0 Å². The van der Waals surface area contributed by atoms with Crippen molar-refractivity contribution in [3.05, 3.63) is 23.8 Å². The zero-order chi connectivity index (χ0) is 21.3. The molecule has 9 nitrogen and oxygen atoms in total. The molecular weight excluding hydrogens is 410 g/mol. The topological polar surface area (TPSA) is 149 Å². The van der Waals surface area contributed by atoms with E-state index in [0.29, 0.717) is 30.6 Å². The predicted octanol–water partition coefficient (Wildman–Crippen LogP) is 1.93. The van der Waals surface area contributed by atoms with Gasteiger partial charge in [0.1, 0.15) is 0 Å². The molecule has 2 rings (SSSR count). The zero-order valence-corrected chi connectivity index (χ0v) is 17.3. The zero-order valence-electron chi connectivity index (χ0n) is 15.7. The number of carboxylic acids is 1. The van der Waals surface area contributed by atoms with E-state index in [1.165, 1.54) is 12.1 Å². The lowest BCUT2D eigenvalue weighted by atomic mass is 9.75. The Balaban J connectivity index is 2.40. The molecule has 0 saturated carbocycles. The highest BCUT2D eigenvalue weighted by molar-refractivity contribution is 7.86. The standard InChI is InChI=1S/C17H25NO8S2/c1-12-17(2,8-3-5-16(19)20)14-11-13(28(24,25)26)6-7-15(14)18(12)9-4-10-27(21,22)23/h6-7,11-12H,3-5,8-10H2,1-2H3,(H,19,20)(H,21,22,23)(H,24,25,26). The van der Waals surface area contributed by atoms with Crippen molar-refractivity contribution in [2.45, 2.75) is 55.9 Å². The maximum Gasteiger partial charge on any atom is 0.303 e. The van der Waals surface area contributed by atoms with E-state index in [0.717, 1.165) is 0 Å². The molecule has 0 bridgehead atoms. The molecule has 0 aliphatic carbocycles. The fourth-order valence-corrected chi connectivity index (χ4v) is 4.84. The summed E-state index contributed by atoms with van der Waals surface area (Å²) in [5.74, 6) is -1.32. The fourth-order valence-electron chi connectivity index (χ4n) is 3.84. The Morgan fingerprint density at radius 3 is 2.36 bits per heavy atom. The minimum atomic E-state index is -4.40. The quantitative estimate of drug-likeness (QED) is 0.494. The van der Waals surface area contributed by atoms with Crippen molar-refractivity contribution in [3.63, 3.8) is 0 Å². The Morgan fingerprint density at radius 1 is 1.18 bits per heavy atom. The average Bonchev–Trinajstić information content (AvgIpc) is 2.74. The van der Waals surface area contributed by atoms with Crippen LogP contribution in [-0.4, -0.2) is 55.4 Å². The molecular formula is C17H25NO8S2. The van der Waals surface area contributed by atoms with Crippen LogP contribution in [0.3, 0.4) is 0 Å². The lowest BCUT2D eigenvalue weighted by Gasteiger charge is -2.34. The molecule has 1 aromatic rings. The summed E-state index contributed by atoms with van der Waals surface area (Å²) < 4.78 is 63.5.